The summed E-state index contributed by atoms with van der Waals surface area (Å²) in [5.74, 6) is -0.450. The molecular weight excluding hydrogens is 303 g/mol. The first-order valence-corrected chi connectivity index (χ1v) is 7.47. The van der Waals surface area contributed by atoms with E-state index in [1.54, 1.807) is 6.08 Å². The molecule has 0 aliphatic heterocycles. The number of pyridine rings is 1. The summed E-state index contributed by atoms with van der Waals surface area (Å²) >= 11 is 0. The minimum Gasteiger partial charge on any atom is -0.307 e. The van der Waals surface area contributed by atoms with Crippen molar-refractivity contribution in [3.8, 4) is 11.1 Å². The van der Waals surface area contributed by atoms with E-state index in [9.17, 15) is 9.18 Å². The summed E-state index contributed by atoms with van der Waals surface area (Å²) in [5, 5.41) is 2.57. The lowest BCUT2D eigenvalue weighted by Gasteiger charge is -2.02. The predicted molar refractivity (Wildman–Crippen MR) is 93.7 cm³/mol. The molecule has 0 fully saturated rings. The lowest BCUT2D eigenvalue weighted by molar-refractivity contribution is -0.111. The maximum atomic E-state index is 12.8. The molecule has 1 heterocycles. The Balaban J connectivity index is 1.64. The first-order valence-electron chi connectivity index (χ1n) is 7.47. The van der Waals surface area contributed by atoms with Crippen LogP contribution in [0.5, 0.6) is 0 Å². The molecule has 0 aliphatic rings. The van der Waals surface area contributed by atoms with Crippen LogP contribution in [0.4, 0.5) is 10.2 Å². The van der Waals surface area contributed by atoms with Gasteiger partial charge in [-0.2, -0.15) is 0 Å². The van der Waals surface area contributed by atoms with E-state index in [1.165, 1.54) is 18.2 Å². The number of benzene rings is 2. The SMILES string of the molecule is O=C(/C=C/c1ccc(-c2ccccc2)cc1)Nc1ccc(F)cn1. The van der Waals surface area contributed by atoms with Crippen LogP contribution in [0.3, 0.4) is 0 Å². The van der Waals surface area contributed by atoms with Gasteiger partial charge in [0.25, 0.3) is 0 Å². The molecule has 0 aliphatic carbocycles. The summed E-state index contributed by atoms with van der Waals surface area (Å²) in [6.07, 6.45) is 4.19. The largest absolute Gasteiger partial charge is 0.307 e. The van der Waals surface area contributed by atoms with Gasteiger partial charge in [0.15, 0.2) is 0 Å². The van der Waals surface area contributed by atoms with E-state index in [0.29, 0.717) is 5.82 Å². The molecule has 0 radical (unpaired) electrons. The molecule has 4 heteroatoms. The molecule has 3 nitrogen and oxygen atoms in total. The van der Waals surface area contributed by atoms with Crippen molar-refractivity contribution in [1.29, 1.82) is 0 Å². The highest BCUT2D eigenvalue weighted by atomic mass is 19.1. The van der Waals surface area contributed by atoms with Crippen LogP contribution in [0.1, 0.15) is 5.56 Å². The number of carbonyl (C=O) groups is 1. The second kappa shape index (κ2) is 7.33. The Kier molecular flexibility index (Phi) is 4.77. The fourth-order valence-corrected chi connectivity index (χ4v) is 2.21. The third-order valence-corrected chi connectivity index (χ3v) is 3.42. The number of hydrogen-bond acceptors (Lipinski definition) is 2. The number of nitrogens with one attached hydrogen (secondary N) is 1. The van der Waals surface area contributed by atoms with Crippen LogP contribution in [-0.2, 0) is 4.79 Å². The number of rotatable bonds is 4. The van der Waals surface area contributed by atoms with Crippen LogP contribution < -0.4 is 5.32 Å². The van der Waals surface area contributed by atoms with E-state index in [-0.39, 0.29) is 5.91 Å². The maximum absolute atomic E-state index is 12.8. The minimum absolute atomic E-state index is 0.311. The van der Waals surface area contributed by atoms with Gasteiger partial charge in [0.2, 0.25) is 5.91 Å². The Hall–Kier alpha value is -3.27. The summed E-state index contributed by atoms with van der Waals surface area (Å²) < 4.78 is 12.8. The Morgan fingerprint density at radius 1 is 0.917 bits per heavy atom. The van der Waals surface area contributed by atoms with Gasteiger partial charge in [0, 0.05) is 6.08 Å². The maximum Gasteiger partial charge on any atom is 0.249 e. The number of anilines is 1. The molecule has 3 aromatic rings. The molecule has 2 aromatic carbocycles. The van der Waals surface area contributed by atoms with Crippen molar-refractivity contribution in [2.45, 2.75) is 0 Å². The smallest absolute Gasteiger partial charge is 0.249 e. The van der Waals surface area contributed by atoms with Crippen molar-refractivity contribution in [2.24, 2.45) is 0 Å². The van der Waals surface area contributed by atoms with Crippen LogP contribution in [0, 0.1) is 5.82 Å². The molecule has 118 valence electrons. The molecule has 0 spiro atoms. The Bertz CT molecular complexity index is 841. The first-order chi connectivity index (χ1) is 11.7. The summed E-state index contributed by atoms with van der Waals surface area (Å²) in [4.78, 5) is 15.6. The lowest BCUT2D eigenvalue weighted by atomic mass is 10.0. The van der Waals surface area contributed by atoms with Gasteiger partial charge in [-0.1, -0.05) is 54.6 Å². The molecule has 3 rings (SSSR count). The number of carbonyl (C=O) groups excluding carboxylic acids is 1. The number of halogens is 1. The normalized spacial score (nSPS) is 10.7. The second-order valence-corrected chi connectivity index (χ2v) is 5.17. The minimum atomic E-state index is -0.443. The lowest BCUT2D eigenvalue weighted by Crippen LogP contribution is -2.08. The van der Waals surface area contributed by atoms with E-state index >= 15 is 0 Å². The highest BCUT2D eigenvalue weighted by Gasteiger charge is 2.00. The van der Waals surface area contributed by atoms with Crippen molar-refractivity contribution in [3.05, 3.63) is 90.4 Å². The van der Waals surface area contributed by atoms with Crippen LogP contribution in [0.15, 0.2) is 79.0 Å². The zero-order valence-electron chi connectivity index (χ0n) is 12.8. The molecule has 0 atom stereocenters. The summed E-state index contributed by atoms with van der Waals surface area (Å²) in [7, 11) is 0. The molecule has 0 bridgehead atoms. The van der Waals surface area contributed by atoms with Crippen LogP contribution in [0.2, 0.25) is 0 Å². The monoisotopic (exact) mass is 318 g/mol. The Morgan fingerprint density at radius 2 is 1.62 bits per heavy atom. The van der Waals surface area contributed by atoms with Gasteiger partial charge in [0.1, 0.15) is 11.6 Å². The van der Waals surface area contributed by atoms with Crippen LogP contribution in [0.25, 0.3) is 17.2 Å². The third-order valence-electron chi connectivity index (χ3n) is 3.42. The fourth-order valence-electron chi connectivity index (χ4n) is 2.21. The molecule has 0 saturated carbocycles. The van der Waals surface area contributed by atoms with Gasteiger partial charge in [-0.25, -0.2) is 9.37 Å². The number of amides is 1. The Labute approximate surface area is 139 Å². The quantitative estimate of drug-likeness (QED) is 0.718. The number of aromatic nitrogens is 1. The van der Waals surface area contributed by atoms with Gasteiger partial charge in [-0.05, 0) is 34.9 Å². The van der Waals surface area contributed by atoms with Crippen molar-refractivity contribution >= 4 is 17.8 Å². The third kappa shape index (κ3) is 4.14. The zero-order chi connectivity index (χ0) is 16.8. The van der Waals surface area contributed by atoms with Gasteiger partial charge >= 0.3 is 0 Å². The Morgan fingerprint density at radius 3 is 2.29 bits per heavy atom. The second-order valence-electron chi connectivity index (χ2n) is 5.17. The molecule has 24 heavy (non-hydrogen) atoms. The topological polar surface area (TPSA) is 42.0 Å². The fraction of sp³-hybridized carbons (Fsp3) is 0. The molecule has 0 saturated heterocycles. The van der Waals surface area contributed by atoms with Crippen LogP contribution in [-0.4, -0.2) is 10.9 Å². The highest BCUT2D eigenvalue weighted by molar-refractivity contribution is 6.01. The summed E-state index contributed by atoms with van der Waals surface area (Å²) in [5.41, 5.74) is 3.18. The van der Waals surface area contributed by atoms with E-state index < -0.39 is 5.82 Å². The molecule has 1 N–H and O–H groups in total. The summed E-state index contributed by atoms with van der Waals surface area (Å²) in [6, 6.07) is 20.6. The number of hydrogen-bond donors (Lipinski definition) is 1. The first kappa shape index (κ1) is 15.6. The van der Waals surface area contributed by atoms with Gasteiger partial charge in [-0.3, -0.25) is 4.79 Å². The van der Waals surface area contributed by atoms with E-state index in [2.05, 4.69) is 10.3 Å². The summed E-state index contributed by atoms with van der Waals surface area (Å²) in [6.45, 7) is 0. The molecular formula is C20H15FN2O. The van der Waals surface area contributed by atoms with Crippen molar-refractivity contribution < 1.29 is 9.18 Å². The van der Waals surface area contributed by atoms with Gasteiger partial charge in [-0.15, -0.1) is 0 Å². The van der Waals surface area contributed by atoms with E-state index in [1.807, 2.05) is 54.6 Å². The molecule has 1 aromatic heterocycles. The van der Waals surface area contributed by atoms with Gasteiger partial charge < -0.3 is 5.32 Å². The van der Waals surface area contributed by atoms with E-state index in [4.69, 9.17) is 0 Å². The highest BCUT2D eigenvalue weighted by Crippen LogP contribution is 2.19. The zero-order valence-corrected chi connectivity index (χ0v) is 12.8. The van der Waals surface area contributed by atoms with Crippen LogP contribution >= 0.6 is 0 Å². The van der Waals surface area contributed by atoms with Crippen molar-refractivity contribution in [2.75, 3.05) is 5.32 Å². The standard InChI is InChI=1S/C20H15FN2O/c21-18-11-12-19(22-14-18)23-20(24)13-8-15-6-9-17(10-7-15)16-4-2-1-3-5-16/h1-14H,(H,22,23,24)/b13-8+. The van der Waals surface area contributed by atoms with Crippen molar-refractivity contribution in [1.82, 2.24) is 4.98 Å². The van der Waals surface area contributed by atoms with Crippen molar-refractivity contribution in [3.63, 3.8) is 0 Å². The number of nitrogens with zero attached hydrogens (tertiary/aromatic N) is 1. The predicted octanol–water partition coefficient (Wildman–Crippen LogP) is 4.54. The van der Waals surface area contributed by atoms with E-state index in [0.717, 1.165) is 22.9 Å². The molecule has 0 unspecified atom stereocenters. The average Bonchev–Trinajstić information content (AvgIpc) is 2.63. The average molecular weight is 318 g/mol. The van der Waals surface area contributed by atoms with Gasteiger partial charge in [0.05, 0.1) is 6.20 Å². The molecule has 1 amide bonds.